The van der Waals surface area contributed by atoms with Gasteiger partial charge in [-0.2, -0.15) is 0 Å². The Bertz CT molecular complexity index is 1410. The van der Waals surface area contributed by atoms with E-state index in [9.17, 15) is 4.79 Å². The predicted molar refractivity (Wildman–Crippen MR) is 131 cm³/mol. The molecule has 7 heteroatoms. The second-order valence-corrected chi connectivity index (χ2v) is 8.72. The highest BCUT2D eigenvalue weighted by molar-refractivity contribution is 5.86. The molecule has 2 aliphatic rings. The van der Waals surface area contributed by atoms with E-state index in [0.717, 1.165) is 45.6 Å². The summed E-state index contributed by atoms with van der Waals surface area (Å²) in [5.41, 5.74) is 4.27. The maximum atomic E-state index is 13.2. The fourth-order valence-corrected chi connectivity index (χ4v) is 4.86. The van der Waals surface area contributed by atoms with Crippen LogP contribution in [0.4, 0.5) is 0 Å². The van der Waals surface area contributed by atoms with E-state index in [2.05, 4.69) is 35.1 Å². The normalized spacial score (nSPS) is 14.3. The maximum Gasteiger partial charge on any atom is 0.231 e. The number of benzene rings is 3. The number of nitrogens with one attached hydrogen (secondary N) is 1. The van der Waals surface area contributed by atoms with Crippen molar-refractivity contribution in [2.75, 3.05) is 13.6 Å². The molecule has 0 spiro atoms. The zero-order valence-electron chi connectivity index (χ0n) is 19.5. The molecule has 0 fully saturated rings. The molecule has 0 aliphatic carbocycles. The fraction of sp³-hybridized carbons (Fsp3) is 0.250. The minimum atomic E-state index is -0.140. The van der Waals surface area contributed by atoms with Crippen LogP contribution in [0.15, 0.2) is 66.9 Å². The van der Waals surface area contributed by atoms with Crippen molar-refractivity contribution in [1.82, 2.24) is 9.88 Å². The lowest BCUT2D eigenvalue weighted by molar-refractivity contribution is -0.121. The largest absolute Gasteiger partial charge is 0.454 e. The number of hydrogen-bond donors (Lipinski definition) is 1. The van der Waals surface area contributed by atoms with Crippen LogP contribution >= 0.6 is 0 Å². The first-order valence-corrected chi connectivity index (χ1v) is 11.8. The Morgan fingerprint density at radius 3 is 2.43 bits per heavy atom. The molecule has 3 heterocycles. The first kappa shape index (κ1) is 21.4. The van der Waals surface area contributed by atoms with Gasteiger partial charge in [0, 0.05) is 42.5 Å². The topological polar surface area (TPSA) is 71.0 Å². The SMILES string of the molecule is CCn1cc(C(CC(=O)NCc2ccc3c(c2)OCO3)c2ccc3c(c2)OCO3)c2ccccc21. The molecule has 35 heavy (non-hydrogen) atoms. The van der Waals surface area contributed by atoms with Crippen LogP contribution in [0.25, 0.3) is 10.9 Å². The van der Waals surface area contributed by atoms with E-state index < -0.39 is 0 Å². The lowest BCUT2D eigenvalue weighted by Crippen LogP contribution is -2.25. The molecule has 178 valence electrons. The monoisotopic (exact) mass is 470 g/mol. The number of aryl methyl sites for hydroxylation is 1. The van der Waals surface area contributed by atoms with E-state index in [4.69, 9.17) is 18.9 Å². The van der Waals surface area contributed by atoms with Gasteiger partial charge in [0.1, 0.15) is 0 Å². The first-order chi connectivity index (χ1) is 17.2. The lowest BCUT2D eigenvalue weighted by atomic mass is 9.87. The molecule has 1 N–H and O–H groups in total. The highest BCUT2D eigenvalue weighted by Crippen LogP contribution is 2.40. The second-order valence-electron chi connectivity index (χ2n) is 8.72. The van der Waals surface area contributed by atoms with Crippen molar-refractivity contribution < 1.29 is 23.7 Å². The van der Waals surface area contributed by atoms with E-state index >= 15 is 0 Å². The number of hydrogen-bond acceptors (Lipinski definition) is 5. The number of nitrogens with zero attached hydrogens (tertiary/aromatic N) is 1. The second kappa shape index (κ2) is 8.91. The van der Waals surface area contributed by atoms with E-state index in [1.54, 1.807) is 0 Å². The van der Waals surface area contributed by atoms with Gasteiger partial charge in [0.15, 0.2) is 23.0 Å². The van der Waals surface area contributed by atoms with Gasteiger partial charge in [-0.1, -0.05) is 30.3 Å². The van der Waals surface area contributed by atoms with Crippen LogP contribution < -0.4 is 24.3 Å². The van der Waals surface area contributed by atoms with Gasteiger partial charge in [0.25, 0.3) is 0 Å². The molecule has 6 rings (SSSR count). The quantitative estimate of drug-likeness (QED) is 0.414. The highest BCUT2D eigenvalue weighted by atomic mass is 16.7. The maximum absolute atomic E-state index is 13.2. The fourth-order valence-electron chi connectivity index (χ4n) is 4.86. The van der Waals surface area contributed by atoms with Gasteiger partial charge in [-0.15, -0.1) is 0 Å². The Hall–Kier alpha value is -4.13. The molecule has 4 aromatic rings. The summed E-state index contributed by atoms with van der Waals surface area (Å²) in [6, 6.07) is 20.0. The van der Waals surface area contributed by atoms with Gasteiger partial charge in [-0.25, -0.2) is 0 Å². The minimum Gasteiger partial charge on any atom is -0.454 e. The number of rotatable bonds is 7. The third kappa shape index (κ3) is 4.03. The molecule has 1 unspecified atom stereocenters. The summed E-state index contributed by atoms with van der Waals surface area (Å²) >= 11 is 0. The molecular weight excluding hydrogens is 444 g/mol. The van der Waals surface area contributed by atoms with Crippen LogP contribution in [-0.2, 0) is 17.9 Å². The van der Waals surface area contributed by atoms with Crippen molar-refractivity contribution in [1.29, 1.82) is 0 Å². The van der Waals surface area contributed by atoms with Crippen molar-refractivity contribution >= 4 is 16.8 Å². The van der Waals surface area contributed by atoms with Crippen molar-refractivity contribution in [2.45, 2.75) is 32.4 Å². The molecule has 7 nitrogen and oxygen atoms in total. The number of carbonyl (C=O) groups is 1. The highest BCUT2D eigenvalue weighted by Gasteiger charge is 2.25. The molecule has 1 atom stereocenters. The average Bonchev–Trinajstić information content (AvgIpc) is 3.63. The van der Waals surface area contributed by atoms with E-state index in [-0.39, 0.29) is 25.4 Å². The number of carbonyl (C=O) groups excluding carboxylic acids is 1. The summed E-state index contributed by atoms with van der Waals surface area (Å²) in [5, 5.41) is 4.24. The number of para-hydroxylation sites is 1. The van der Waals surface area contributed by atoms with Crippen LogP contribution in [0.1, 0.15) is 36.0 Å². The molecule has 0 radical (unpaired) electrons. The van der Waals surface area contributed by atoms with Gasteiger partial charge in [0.2, 0.25) is 19.5 Å². The van der Waals surface area contributed by atoms with Gasteiger partial charge >= 0.3 is 0 Å². The third-order valence-corrected chi connectivity index (χ3v) is 6.65. The van der Waals surface area contributed by atoms with Gasteiger partial charge in [-0.3, -0.25) is 4.79 Å². The van der Waals surface area contributed by atoms with Crippen molar-refractivity contribution in [3.05, 3.63) is 83.6 Å². The predicted octanol–water partition coefficient (Wildman–Crippen LogP) is 4.96. The van der Waals surface area contributed by atoms with Crippen LogP contribution in [0.3, 0.4) is 0 Å². The van der Waals surface area contributed by atoms with Crippen LogP contribution in [-0.4, -0.2) is 24.1 Å². The van der Waals surface area contributed by atoms with Crippen LogP contribution in [0.2, 0.25) is 0 Å². The molecule has 0 bridgehead atoms. The summed E-state index contributed by atoms with van der Waals surface area (Å²) in [4.78, 5) is 13.2. The number of aromatic nitrogens is 1. The molecule has 1 aromatic heterocycles. The van der Waals surface area contributed by atoms with Crippen molar-refractivity contribution in [3.8, 4) is 23.0 Å². The molecule has 1 amide bonds. The molecule has 0 saturated heterocycles. The molecule has 0 saturated carbocycles. The lowest BCUT2D eigenvalue weighted by Gasteiger charge is -2.18. The van der Waals surface area contributed by atoms with Crippen molar-refractivity contribution in [3.63, 3.8) is 0 Å². The molecule has 3 aromatic carbocycles. The van der Waals surface area contributed by atoms with Crippen LogP contribution in [0.5, 0.6) is 23.0 Å². The Balaban J connectivity index is 1.30. The summed E-state index contributed by atoms with van der Waals surface area (Å²) in [6.07, 6.45) is 2.48. The number of fused-ring (bicyclic) bond motifs is 3. The standard InChI is InChI=1S/C28H26N2O5/c1-2-30-15-22(20-5-3-4-6-23(20)30)21(19-8-10-25-27(12-19)35-17-33-25)13-28(31)29-14-18-7-9-24-26(11-18)34-16-32-24/h3-12,15,21H,2,13-14,16-17H2,1H3,(H,29,31). The van der Waals surface area contributed by atoms with Gasteiger partial charge < -0.3 is 28.8 Å². The van der Waals surface area contributed by atoms with E-state index in [1.165, 1.54) is 0 Å². The Morgan fingerprint density at radius 2 is 1.63 bits per heavy atom. The average molecular weight is 471 g/mol. The minimum absolute atomic E-state index is 0.0290. The summed E-state index contributed by atoms with van der Waals surface area (Å²) in [5.74, 6) is 2.72. The third-order valence-electron chi connectivity index (χ3n) is 6.65. The number of amides is 1. The zero-order valence-corrected chi connectivity index (χ0v) is 19.5. The Morgan fingerprint density at radius 1 is 0.914 bits per heavy atom. The number of ether oxygens (including phenoxy) is 4. The first-order valence-electron chi connectivity index (χ1n) is 11.8. The summed E-state index contributed by atoms with van der Waals surface area (Å²) < 4.78 is 24.2. The van der Waals surface area contributed by atoms with Gasteiger partial charge in [-0.05, 0) is 53.9 Å². The van der Waals surface area contributed by atoms with Gasteiger partial charge in [0.05, 0.1) is 0 Å². The Kier molecular flexibility index (Phi) is 5.45. The Labute approximate surface area is 203 Å². The smallest absolute Gasteiger partial charge is 0.231 e. The van der Waals surface area contributed by atoms with E-state index in [1.807, 2.05) is 48.5 Å². The summed E-state index contributed by atoms with van der Waals surface area (Å²) in [6.45, 7) is 3.84. The van der Waals surface area contributed by atoms with Crippen LogP contribution in [0, 0.1) is 0 Å². The van der Waals surface area contributed by atoms with E-state index in [0.29, 0.717) is 24.5 Å². The molecular formula is C28H26N2O5. The summed E-state index contributed by atoms with van der Waals surface area (Å²) in [7, 11) is 0. The van der Waals surface area contributed by atoms with Crippen molar-refractivity contribution in [2.24, 2.45) is 0 Å². The zero-order chi connectivity index (χ0) is 23.8. The molecule has 2 aliphatic heterocycles.